The molecule has 1 heterocycles. The Kier molecular flexibility index (Phi) is 7.58. The summed E-state index contributed by atoms with van der Waals surface area (Å²) in [7, 11) is 1.55. The van der Waals surface area contributed by atoms with Crippen molar-refractivity contribution in [2.24, 2.45) is 0 Å². The number of hydroxylamine groups is 2. The lowest BCUT2D eigenvalue weighted by Crippen LogP contribution is -2.45. The number of nitrogens with zero attached hydrogens (tertiary/aromatic N) is 2. The number of methoxy groups -OCH3 is 1. The molecule has 2 aliphatic rings. The SMILES string of the molecule is COc1cc([C@@H]2[C@@H](S(=O)(=O)N(C)C3CCCCC3)CON2C)ccc1OCc1ccccc1. The third kappa shape index (κ3) is 5.19. The monoisotopic (exact) mass is 474 g/mol. The van der Waals surface area contributed by atoms with Gasteiger partial charge >= 0.3 is 0 Å². The molecule has 33 heavy (non-hydrogen) atoms. The molecule has 2 fully saturated rings. The quantitative estimate of drug-likeness (QED) is 0.572. The zero-order valence-electron chi connectivity index (χ0n) is 19.6. The Morgan fingerprint density at radius 3 is 2.48 bits per heavy atom. The van der Waals surface area contributed by atoms with Crippen molar-refractivity contribution in [3.05, 3.63) is 59.7 Å². The molecule has 0 bridgehead atoms. The van der Waals surface area contributed by atoms with Crippen LogP contribution < -0.4 is 9.47 Å². The fraction of sp³-hybridized carbons (Fsp3) is 0.520. The van der Waals surface area contributed by atoms with Gasteiger partial charge < -0.3 is 9.47 Å². The van der Waals surface area contributed by atoms with E-state index in [0.29, 0.717) is 18.1 Å². The third-order valence-electron chi connectivity index (χ3n) is 6.83. The highest BCUT2D eigenvalue weighted by Gasteiger charge is 2.46. The molecule has 0 radical (unpaired) electrons. The van der Waals surface area contributed by atoms with Gasteiger partial charge in [0.05, 0.1) is 19.8 Å². The minimum absolute atomic E-state index is 0.0682. The summed E-state index contributed by atoms with van der Waals surface area (Å²) in [4.78, 5) is 5.72. The van der Waals surface area contributed by atoms with E-state index in [2.05, 4.69) is 0 Å². The minimum Gasteiger partial charge on any atom is -0.493 e. The van der Waals surface area contributed by atoms with Crippen molar-refractivity contribution in [2.75, 3.05) is 27.8 Å². The first-order valence-electron chi connectivity index (χ1n) is 11.6. The van der Waals surface area contributed by atoms with Crippen LogP contribution in [-0.4, -0.2) is 56.9 Å². The number of benzene rings is 2. The molecule has 2 aromatic rings. The first-order valence-corrected chi connectivity index (χ1v) is 13.1. The standard InChI is InChI=1S/C25H34N2O5S/c1-26-25(24(18-32-26)33(28,29)27(2)21-12-8-5-9-13-21)20-14-15-22(23(16-20)30-3)31-17-19-10-6-4-7-11-19/h4,6-7,10-11,14-16,21,24-25H,5,8-9,12-13,17-18H2,1-3H3/t24-,25+/m0/s1. The van der Waals surface area contributed by atoms with Gasteiger partial charge in [0.15, 0.2) is 11.5 Å². The summed E-state index contributed by atoms with van der Waals surface area (Å²) in [5, 5.41) is 0.964. The molecule has 0 spiro atoms. The van der Waals surface area contributed by atoms with Crippen LogP contribution in [0.15, 0.2) is 48.5 Å². The number of sulfonamides is 1. The van der Waals surface area contributed by atoms with E-state index in [4.69, 9.17) is 14.3 Å². The van der Waals surface area contributed by atoms with Crippen molar-refractivity contribution in [1.82, 2.24) is 9.37 Å². The highest BCUT2D eigenvalue weighted by molar-refractivity contribution is 7.89. The molecule has 0 amide bonds. The molecule has 2 aromatic carbocycles. The third-order valence-corrected chi connectivity index (χ3v) is 9.09. The summed E-state index contributed by atoms with van der Waals surface area (Å²) in [5.41, 5.74) is 1.88. The number of hydrogen-bond acceptors (Lipinski definition) is 6. The average Bonchev–Trinajstić information content (AvgIpc) is 3.25. The highest BCUT2D eigenvalue weighted by atomic mass is 32.2. The molecular formula is C25H34N2O5S. The van der Waals surface area contributed by atoms with Crippen LogP contribution in [0.25, 0.3) is 0 Å². The lowest BCUT2D eigenvalue weighted by Gasteiger charge is -2.33. The maximum Gasteiger partial charge on any atom is 0.221 e. The fourth-order valence-corrected chi connectivity index (χ4v) is 6.80. The van der Waals surface area contributed by atoms with Crippen molar-refractivity contribution in [3.8, 4) is 11.5 Å². The fourth-order valence-electron chi connectivity index (χ4n) is 4.86. The molecule has 1 aliphatic carbocycles. The zero-order chi connectivity index (χ0) is 23.4. The predicted molar refractivity (Wildman–Crippen MR) is 128 cm³/mol. The minimum atomic E-state index is -3.55. The van der Waals surface area contributed by atoms with E-state index in [1.165, 1.54) is 6.42 Å². The maximum atomic E-state index is 13.6. The van der Waals surface area contributed by atoms with E-state index >= 15 is 0 Å². The van der Waals surface area contributed by atoms with Gasteiger partial charge in [-0.25, -0.2) is 12.7 Å². The Bertz CT molecular complexity index is 1020. The second kappa shape index (κ2) is 10.4. The predicted octanol–water partition coefficient (Wildman–Crippen LogP) is 4.16. The summed E-state index contributed by atoms with van der Waals surface area (Å²) in [6.07, 6.45) is 5.18. The van der Waals surface area contributed by atoms with E-state index in [1.807, 2.05) is 48.5 Å². The van der Waals surface area contributed by atoms with Crippen LogP contribution in [0.4, 0.5) is 0 Å². The second-order valence-corrected chi connectivity index (χ2v) is 11.1. The van der Waals surface area contributed by atoms with Crippen molar-refractivity contribution in [1.29, 1.82) is 0 Å². The maximum absolute atomic E-state index is 13.6. The van der Waals surface area contributed by atoms with E-state index in [9.17, 15) is 8.42 Å². The Morgan fingerprint density at radius 2 is 1.79 bits per heavy atom. The van der Waals surface area contributed by atoms with Gasteiger partial charge in [0.25, 0.3) is 0 Å². The molecule has 0 aromatic heterocycles. The van der Waals surface area contributed by atoms with E-state index < -0.39 is 21.3 Å². The topological polar surface area (TPSA) is 68.3 Å². The van der Waals surface area contributed by atoms with Gasteiger partial charge in [-0.2, -0.15) is 5.06 Å². The first-order chi connectivity index (χ1) is 15.9. The van der Waals surface area contributed by atoms with Gasteiger partial charge in [0.2, 0.25) is 10.0 Å². The highest BCUT2D eigenvalue weighted by Crippen LogP contribution is 2.39. The smallest absolute Gasteiger partial charge is 0.221 e. The Labute approximate surface area is 197 Å². The van der Waals surface area contributed by atoms with Gasteiger partial charge in [0.1, 0.15) is 11.9 Å². The lowest BCUT2D eigenvalue weighted by atomic mass is 9.96. The van der Waals surface area contributed by atoms with Crippen LogP contribution in [0.2, 0.25) is 0 Å². The molecule has 0 N–H and O–H groups in total. The Balaban J connectivity index is 1.55. The normalized spacial score (nSPS) is 22.5. The summed E-state index contributed by atoms with van der Waals surface area (Å²) < 4.78 is 40.4. The van der Waals surface area contributed by atoms with Gasteiger partial charge in [0, 0.05) is 20.1 Å². The van der Waals surface area contributed by atoms with Crippen molar-refractivity contribution >= 4 is 10.0 Å². The van der Waals surface area contributed by atoms with Gasteiger partial charge in [-0.15, -0.1) is 0 Å². The van der Waals surface area contributed by atoms with Crippen LogP contribution in [-0.2, 0) is 21.5 Å². The van der Waals surface area contributed by atoms with E-state index in [0.717, 1.165) is 36.8 Å². The molecule has 180 valence electrons. The van der Waals surface area contributed by atoms with Crippen LogP contribution in [0.5, 0.6) is 11.5 Å². The molecule has 1 aliphatic heterocycles. The Morgan fingerprint density at radius 1 is 1.06 bits per heavy atom. The first kappa shape index (κ1) is 24.0. The zero-order valence-corrected chi connectivity index (χ0v) is 20.5. The molecule has 2 atom stereocenters. The van der Waals surface area contributed by atoms with Gasteiger partial charge in [-0.3, -0.25) is 4.84 Å². The van der Waals surface area contributed by atoms with Crippen LogP contribution in [0.3, 0.4) is 0 Å². The summed E-state index contributed by atoms with van der Waals surface area (Å²) in [5.74, 6) is 1.19. The number of ether oxygens (including phenoxy) is 2. The number of rotatable bonds is 8. The van der Waals surface area contributed by atoms with Crippen LogP contribution >= 0.6 is 0 Å². The second-order valence-electron chi connectivity index (χ2n) is 8.86. The van der Waals surface area contributed by atoms with Crippen LogP contribution in [0, 0.1) is 0 Å². The van der Waals surface area contributed by atoms with E-state index in [1.54, 1.807) is 30.6 Å². The molecule has 4 rings (SSSR count). The molecule has 8 heteroatoms. The van der Waals surface area contributed by atoms with E-state index in [-0.39, 0.29) is 12.6 Å². The molecule has 1 saturated carbocycles. The average molecular weight is 475 g/mol. The van der Waals surface area contributed by atoms with Crippen molar-refractivity contribution in [2.45, 2.75) is 56.0 Å². The van der Waals surface area contributed by atoms with Crippen LogP contribution in [0.1, 0.15) is 49.3 Å². The van der Waals surface area contributed by atoms with Crippen molar-refractivity contribution < 1.29 is 22.7 Å². The molecule has 0 unspecified atom stereocenters. The number of hydrogen-bond donors (Lipinski definition) is 0. The van der Waals surface area contributed by atoms with Gasteiger partial charge in [-0.1, -0.05) is 55.7 Å². The molecule has 1 saturated heterocycles. The summed E-state index contributed by atoms with van der Waals surface area (Å²) in [6.45, 7) is 0.557. The van der Waals surface area contributed by atoms with Crippen molar-refractivity contribution in [3.63, 3.8) is 0 Å². The molecule has 7 nitrogen and oxygen atoms in total. The Hall–Kier alpha value is -2.13. The summed E-state index contributed by atoms with van der Waals surface area (Å²) >= 11 is 0. The largest absolute Gasteiger partial charge is 0.493 e. The summed E-state index contributed by atoms with van der Waals surface area (Å²) in [6, 6.07) is 15.2. The molecular weight excluding hydrogens is 440 g/mol. The lowest BCUT2D eigenvalue weighted by molar-refractivity contribution is -0.110. The van der Waals surface area contributed by atoms with Gasteiger partial charge in [-0.05, 0) is 36.1 Å².